The van der Waals surface area contributed by atoms with E-state index in [1.54, 1.807) is 0 Å². The number of benzene rings is 1. The average Bonchev–Trinajstić information content (AvgIpc) is 2.16. The van der Waals surface area contributed by atoms with Gasteiger partial charge in [0.2, 0.25) is 0 Å². The molecule has 0 saturated carbocycles. The highest BCUT2D eigenvalue weighted by atomic mass is 35.5. The molecule has 0 fully saturated rings. The van der Waals surface area contributed by atoms with Crippen molar-refractivity contribution in [1.82, 2.24) is 0 Å². The number of hydrogen-bond acceptors (Lipinski definition) is 1. The number of anilines is 1. The lowest BCUT2D eigenvalue weighted by Gasteiger charge is -2.20. The van der Waals surface area contributed by atoms with E-state index >= 15 is 0 Å². The molecule has 0 heterocycles. The fraction of sp³-hybridized carbons (Fsp3) is 0.400. The van der Waals surface area contributed by atoms with Gasteiger partial charge in [-0.15, -0.1) is 11.6 Å². The largest absolute Gasteiger partial charge is 0.375 e. The summed E-state index contributed by atoms with van der Waals surface area (Å²) in [6.45, 7) is 3.04. The van der Waals surface area contributed by atoms with Gasteiger partial charge in [-0.05, 0) is 24.6 Å². The molecule has 13 heavy (non-hydrogen) atoms. The van der Waals surface area contributed by atoms with Crippen LogP contribution in [-0.2, 0) is 5.88 Å². The van der Waals surface area contributed by atoms with Crippen LogP contribution < -0.4 is 4.90 Å². The Labute approximate surface area is 89.3 Å². The highest BCUT2D eigenvalue weighted by Gasteiger charge is 2.05. The van der Waals surface area contributed by atoms with Crippen LogP contribution in [0.3, 0.4) is 0 Å². The van der Waals surface area contributed by atoms with E-state index in [-0.39, 0.29) is 0 Å². The second-order valence-electron chi connectivity index (χ2n) is 2.92. The highest BCUT2D eigenvalue weighted by Crippen LogP contribution is 2.25. The van der Waals surface area contributed by atoms with Gasteiger partial charge >= 0.3 is 0 Å². The molecular weight excluding hydrogens is 205 g/mol. The van der Waals surface area contributed by atoms with Crippen molar-refractivity contribution in [1.29, 1.82) is 0 Å². The fourth-order valence-electron chi connectivity index (χ4n) is 1.18. The Morgan fingerprint density at radius 1 is 1.38 bits per heavy atom. The molecule has 72 valence electrons. The van der Waals surface area contributed by atoms with Gasteiger partial charge in [0.1, 0.15) is 0 Å². The molecule has 0 atom stereocenters. The van der Waals surface area contributed by atoms with Gasteiger partial charge in [-0.3, -0.25) is 0 Å². The van der Waals surface area contributed by atoms with E-state index in [0.717, 1.165) is 22.8 Å². The van der Waals surface area contributed by atoms with Crippen LogP contribution in [0.25, 0.3) is 0 Å². The van der Waals surface area contributed by atoms with E-state index < -0.39 is 0 Å². The Morgan fingerprint density at radius 3 is 2.62 bits per heavy atom. The number of nitrogens with zero attached hydrogens (tertiary/aromatic N) is 1. The minimum Gasteiger partial charge on any atom is -0.375 e. The molecular formula is C10H13Cl2N. The fourth-order valence-corrected chi connectivity index (χ4v) is 1.57. The summed E-state index contributed by atoms with van der Waals surface area (Å²) in [5.74, 6) is 0.525. The Morgan fingerprint density at radius 2 is 2.08 bits per heavy atom. The molecule has 1 aromatic carbocycles. The topological polar surface area (TPSA) is 3.24 Å². The number of alkyl halides is 1. The lowest BCUT2D eigenvalue weighted by Crippen LogP contribution is -2.17. The minimum atomic E-state index is 0.525. The van der Waals surface area contributed by atoms with Crippen LogP contribution in [0.5, 0.6) is 0 Å². The molecule has 1 nitrogen and oxygen atoms in total. The van der Waals surface area contributed by atoms with Gasteiger partial charge in [0.25, 0.3) is 0 Å². The van der Waals surface area contributed by atoms with Crippen LogP contribution >= 0.6 is 23.2 Å². The summed E-state index contributed by atoms with van der Waals surface area (Å²) in [4.78, 5) is 2.13. The average molecular weight is 218 g/mol. The van der Waals surface area contributed by atoms with Crippen molar-refractivity contribution in [3.8, 4) is 0 Å². The van der Waals surface area contributed by atoms with Crippen molar-refractivity contribution >= 4 is 28.9 Å². The van der Waals surface area contributed by atoms with Crippen molar-refractivity contribution in [2.75, 3.05) is 18.5 Å². The van der Waals surface area contributed by atoms with Crippen LogP contribution in [-0.4, -0.2) is 13.6 Å². The maximum atomic E-state index is 5.91. The minimum absolute atomic E-state index is 0.525. The Balaban J connectivity index is 3.07. The summed E-state index contributed by atoms with van der Waals surface area (Å²) in [5, 5.41) is 0.754. The first-order chi connectivity index (χ1) is 6.19. The van der Waals surface area contributed by atoms with Gasteiger partial charge in [0, 0.05) is 30.2 Å². The van der Waals surface area contributed by atoms with E-state index in [9.17, 15) is 0 Å². The molecule has 0 saturated heterocycles. The summed E-state index contributed by atoms with van der Waals surface area (Å²) >= 11 is 11.7. The lowest BCUT2D eigenvalue weighted by molar-refractivity contribution is 0.959. The first-order valence-electron chi connectivity index (χ1n) is 4.24. The molecule has 3 heteroatoms. The van der Waals surface area contributed by atoms with Gasteiger partial charge in [-0.2, -0.15) is 0 Å². The van der Waals surface area contributed by atoms with Crippen LogP contribution in [0.4, 0.5) is 5.69 Å². The highest BCUT2D eigenvalue weighted by molar-refractivity contribution is 6.31. The standard InChI is InChI=1S/C10H13Cl2N/c1-3-13(2)10-6-9(12)5-4-8(10)7-11/h4-6H,3,7H2,1-2H3. The van der Waals surface area contributed by atoms with Crippen LogP contribution in [0.1, 0.15) is 12.5 Å². The summed E-state index contributed by atoms with van der Waals surface area (Å²) in [6, 6.07) is 5.78. The Bertz CT molecular complexity index is 286. The second-order valence-corrected chi connectivity index (χ2v) is 3.62. The third-order valence-corrected chi connectivity index (χ3v) is 2.60. The molecule has 0 radical (unpaired) electrons. The molecule has 0 bridgehead atoms. The van der Waals surface area contributed by atoms with Crippen molar-refractivity contribution in [3.05, 3.63) is 28.8 Å². The summed E-state index contributed by atoms with van der Waals surface area (Å²) < 4.78 is 0. The molecule has 0 unspecified atom stereocenters. The SMILES string of the molecule is CCN(C)c1cc(Cl)ccc1CCl. The summed E-state index contributed by atoms with van der Waals surface area (Å²) in [6.07, 6.45) is 0. The van der Waals surface area contributed by atoms with Crippen molar-refractivity contribution in [2.24, 2.45) is 0 Å². The van der Waals surface area contributed by atoms with E-state index in [1.165, 1.54) is 0 Å². The zero-order valence-electron chi connectivity index (χ0n) is 7.85. The first kappa shape index (κ1) is 10.7. The quantitative estimate of drug-likeness (QED) is 0.701. The smallest absolute Gasteiger partial charge is 0.0494 e. The number of hydrogen-bond donors (Lipinski definition) is 0. The Hall–Kier alpha value is -0.400. The third-order valence-electron chi connectivity index (χ3n) is 2.08. The van der Waals surface area contributed by atoms with E-state index in [1.807, 2.05) is 25.2 Å². The predicted molar refractivity (Wildman–Crippen MR) is 60.0 cm³/mol. The molecule has 0 spiro atoms. The molecule has 0 aliphatic rings. The van der Waals surface area contributed by atoms with Gasteiger partial charge in [-0.1, -0.05) is 17.7 Å². The zero-order chi connectivity index (χ0) is 9.84. The van der Waals surface area contributed by atoms with E-state index in [4.69, 9.17) is 23.2 Å². The van der Waals surface area contributed by atoms with Crippen LogP contribution in [0.2, 0.25) is 5.02 Å². The second kappa shape index (κ2) is 4.73. The predicted octanol–water partition coefficient (Wildman–Crippen LogP) is 3.53. The zero-order valence-corrected chi connectivity index (χ0v) is 9.36. The molecule has 0 amide bonds. The molecule has 0 aliphatic carbocycles. The maximum absolute atomic E-state index is 5.91. The molecule has 0 aromatic heterocycles. The number of rotatable bonds is 3. The van der Waals surface area contributed by atoms with Gasteiger partial charge in [0.15, 0.2) is 0 Å². The normalized spacial score (nSPS) is 10.2. The van der Waals surface area contributed by atoms with Gasteiger partial charge in [-0.25, -0.2) is 0 Å². The van der Waals surface area contributed by atoms with E-state index in [0.29, 0.717) is 5.88 Å². The van der Waals surface area contributed by atoms with Crippen LogP contribution in [0, 0.1) is 0 Å². The first-order valence-corrected chi connectivity index (χ1v) is 5.15. The monoisotopic (exact) mass is 217 g/mol. The Kier molecular flexibility index (Phi) is 3.89. The van der Waals surface area contributed by atoms with E-state index in [2.05, 4.69) is 11.8 Å². The lowest BCUT2D eigenvalue weighted by atomic mass is 10.2. The third kappa shape index (κ3) is 2.52. The van der Waals surface area contributed by atoms with Gasteiger partial charge in [0.05, 0.1) is 0 Å². The number of halogens is 2. The molecule has 0 aliphatic heterocycles. The van der Waals surface area contributed by atoms with Crippen molar-refractivity contribution in [2.45, 2.75) is 12.8 Å². The summed E-state index contributed by atoms with van der Waals surface area (Å²) in [7, 11) is 2.03. The molecule has 1 aromatic rings. The molecule has 1 rings (SSSR count). The van der Waals surface area contributed by atoms with Crippen LogP contribution in [0.15, 0.2) is 18.2 Å². The van der Waals surface area contributed by atoms with Crippen molar-refractivity contribution in [3.63, 3.8) is 0 Å². The summed E-state index contributed by atoms with van der Waals surface area (Å²) in [5.41, 5.74) is 2.24. The van der Waals surface area contributed by atoms with Gasteiger partial charge < -0.3 is 4.90 Å². The molecule has 0 N–H and O–H groups in total. The maximum Gasteiger partial charge on any atom is 0.0494 e. The van der Waals surface area contributed by atoms with Crippen molar-refractivity contribution < 1.29 is 0 Å².